The Kier molecular flexibility index (Phi) is 11.0. The van der Waals surface area contributed by atoms with Crippen molar-refractivity contribution in [3.05, 3.63) is 47.5 Å². The van der Waals surface area contributed by atoms with Gasteiger partial charge in [-0.15, -0.1) is 0 Å². The van der Waals surface area contributed by atoms with Gasteiger partial charge in [0.05, 0.1) is 40.7 Å². The van der Waals surface area contributed by atoms with E-state index in [1.807, 2.05) is 39.0 Å². The summed E-state index contributed by atoms with van der Waals surface area (Å²) < 4.78 is 17.6. The molecule has 1 unspecified atom stereocenters. The van der Waals surface area contributed by atoms with Crippen molar-refractivity contribution in [3.63, 3.8) is 0 Å². The van der Waals surface area contributed by atoms with Crippen LogP contribution in [-0.2, 0) is 20.9 Å². The highest BCUT2D eigenvalue weighted by Crippen LogP contribution is 2.47. The molecule has 256 valence electrons. The second-order valence-electron chi connectivity index (χ2n) is 14.1. The number of carboxylic acids is 1. The van der Waals surface area contributed by atoms with Gasteiger partial charge in [0.25, 0.3) is 0 Å². The number of carboxylic acid groups (broad SMARTS) is 1. The molecule has 2 aromatic carbocycles. The lowest BCUT2D eigenvalue weighted by molar-refractivity contribution is -0.884. The van der Waals surface area contributed by atoms with Gasteiger partial charge in [-0.2, -0.15) is 0 Å². The molecule has 3 aliphatic rings. The molecular formula is C36H51N4O7+. The molecule has 11 nitrogen and oxygen atoms in total. The number of piperidine rings is 1. The number of aliphatic carboxylic acids is 1. The number of quaternary nitrogens is 1. The number of anilines is 1. The predicted octanol–water partition coefficient (Wildman–Crippen LogP) is 4.33. The average Bonchev–Trinajstić information content (AvgIpc) is 3.64. The summed E-state index contributed by atoms with van der Waals surface area (Å²) in [7, 11) is 7.97. The molecule has 5 rings (SSSR count). The summed E-state index contributed by atoms with van der Waals surface area (Å²) >= 11 is 0. The van der Waals surface area contributed by atoms with Crippen LogP contribution in [0.1, 0.15) is 62.5 Å². The van der Waals surface area contributed by atoms with Gasteiger partial charge in [-0.25, -0.2) is 0 Å². The maximum atomic E-state index is 14.3. The van der Waals surface area contributed by atoms with Crippen LogP contribution in [0.3, 0.4) is 0 Å². The summed E-state index contributed by atoms with van der Waals surface area (Å²) in [6.07, 6.45) is 4.60. The summed E-state index contributed by atoms with van der Waals surface area (Å²) in [4.78, 5) is 45.8. The third-order valence-electron chi connectivity index (χ3n) is 9.51. The molecule has 3 atom stereocenters. The standard InChI is InChI=1S/C36H50N4O7/c1-6-7-16-39(27-12-10-11-25(18-27)23-40(2,3)4)33(42)22-38-21-28(26-19-30(45-5)35-31(20-26)46-24-47-35)34(36(43)44)29(38)14-17-37-15-9-8-13-32(37)41/h10-12,18-20,28-29,34H,6-9,13-17,21-24H2,1-5H3/p+1/t28-,29+,34?/m1/s1. The molecule has 3 heterocycles. The van der Waals surface area contributed by atoms with E-state index in [9.17, 15) is 19.5 Å². The van der Waals surface area contributed by atoms with Crippen molar-refractivity contribution in [2.24, 2.45) is 5.92 Å². The molecule has 0 saturated carbocycles. The lowest BCUT2D eigenvalue weighted by Gasteiger charge is -2.33. The number of carbonyl (C=O) groups excluding carboxylic acids is 2. The van der Waals surface area contributed by atoms with Crippen molar-refractivity contribution in [1.82, 2.24) is 9.80 Å². The van der Waals surface area contributed by atoms with Gasteiger partial charge in [0.1, 0.15) is 6.54 Å². The Bertz CT molecular complexity index is 1440. The first-order valence-electron chi connectivity index (χ1n) is 16.9. The van der Waals surface area contributed by atoms with Crippen LogP contribution in [0.4, 0.5) is 5.69 Å². The Morgan fingerprint density at radius 2 is 1.94 bits per heavy atom. The normalized spacial score (nSPS) is 21.3. The zero-order chi connectivity index (χ0) is 33.7. The average molecular weight is 652 g/mol. The summed E-state index contributed by atoms with van der Waals surface area (Å²) in [5.74, 6) is -0.586. The molecule has 2 amide bonds. The quantitative estimate of drug-likeness (QED) is 0.301. The van der Waals surface area contributed by atoms with E-state index in [0.29, 0.717) is 56.3 Å². The number of fused-ring (bicyclic) bond motifs is 1. The van der Waals surface area contributed by atoms with Crippen molar-refractivity contribution in [2.45, 2.75) is 64.0 Å². The molecule has 1 N–H and O–H groups in total. The van der Waals surface area contributed by atoms with E-state index in [1.165, 1.54) is 0 Å². The Labute approximate surface area is 278 Å². The minimum absolute atomic E-state index is 0.0621. The number of hydrogen-bond donors (Lipinski definition) is 1. The minimum Gasteiger partial charge on any atom is -0.493 e. The van der Waals surface area contributed by atoms with Gasteiger partial charge in [-0.3, -0.25) is 19.3 Å². The highest BCUT2D eigenvalue weighted by molar-refractivity contribution is 5.95. The Morgan fingerprint density at radius 1 is 1.13 bits per heavy atom. The first kappa shape index (κ1) is 34.5. The van der Waals surface area contributed by atoms with Crippen molar-refractivity contribution >= 4 is 23.5 Å². The smallest absolute Gasteiger partial charge is 0.308 e. The van der Waals surface area contributed by atoms with Crippen LogP contribution in [0.25, 0.3) is 0 Å². The van der Waals surface area contributed by atoms with Gasteiger partial charge in [0.2, 0.25) is 24.4 Å². The molecule has 0 bridgehead atoms. The number of unbranched alkanes of at least 4 members (excludes halogenated alkanes) is 1. The molecule has 0 aliphatic carbocycles. The first-order chi connectivity index (χ1) is 22.5. The van der Waals surface area contributed by atoms with Crippen LogP contribution in [0.5, 0.6) is 17.2 Å². The summed E-state index contributed by atoms with van der Waals surface area (Å²) in [6, 6.07) is 11.4. The van der Waals surface area contributed by atoms with E-state index < -0.39 is 23.8 Å². The lowest BCUT2D eigenvalue weighted by Crippen LogP contribution is -2.46. The minimum atomic E-state index is -0.924. The van der Waals surface area contributed by atoms with Gasteiger partial charge in [0, 0.05) is 55.8 Å². The zero-order valence-electron chi connectivity index (χ0n) is 28.6. The fraction of sp³-hybridized carbons (Fsp3) is 0.583. The highest BCUT2D eigenvalue weighted by atomic mass is 16.7. The van der Waals surface area contributed by atoms with Crippen molar-refractivity contribution in [3.8, 4) is 17.2 Å². The summed E-state index contributed by atoms with van der Waals surface area (Å²) in [6.45, 7) is 5.16. The second kappa shape index (κ2) is 14.9. The third-order valence-corrected chi connectivity index (χ3v) is 9.51. The van der Waals surface area contributed by atoms with E-state index in [-0.39, 0.29) is 25.2 Å². The number of amides is 2. The van der Waals surface area contributed by atoms with Gasteiger partial charge in [-0.05, 0) is 55.5 Å². The molecular weight excluding hydrogens is 600 g/mol. The summed E-state index contributed by atoms with van der Waals surface area (Å²) in [5, 5.41) is 10.7. The Hall–Kier alpha value is -3.83. The molecule has 0 aromatic heterocycles. The molecule has 2 fully saturated rings. The van der Waals surface area contributed by atoms with Crippen LogP contribution in [-0.4, -0.2) is 111 Å². The van der Waals surface area contributed by atoms with E-state index in [2.05, 4.69) is 40.2 Å². The number of benzene rings is 2. The number of hydrogen-bond acceptors (Lipinski definition) is 7. The van der Waals surface area contributed by atoms with Crippen LogP contribution >= 0.6 is 0 Å². The maximum Gasteiger partial charge on any atom is 0.308 e. The molecule has 11 heteroatoms. The third kappa shape index (κ3) is 8.19. The molecule has 3 aliphatic heterocycles. The highest BCUT2D eigenvalue weighted by Gasteiger charge is 2.48. The van der Waals surface area contributed by atoms with Gasteiger partial charge < -0.3 is 33.6 Å². The molecule has 2 saturated heterocycles. The largest absolute Gasteiger partial charge is 0.493 e. The van der Waals surface area contributed by atoms with Crippen molar-refractivity contribution in [1.29, 1.82) is 0 Å². The second-order valence-corrected chi connectivity index (χ2v) is 14.1. The van der Waals surface area contributed by atoms with Crippen LogP contribution in [0.2, 0.25) is 0 Å². The van der Waals surface area contributed by atoms with Gasteiger partial charge in [-0.1, -0.05) is 25.5 Å². The number of methoxy groups -OCH3 is 1. The SMILES string of the molecule is CCCCN(C(=O)CN1C[C@H](c2cc(OC)c3c(c2)OCO3)C(C(=O)O)[C@@H]1CCN1CCCCC1=O)c1cccc(C[N+](C)(C)C)c1. The van der Waals surface area contributed by atoms with Crippen molar-refractivity contribution < 1.29 is 38.2 Å². The number of ether oxygens (including phenoxy) is 3. The van der Waals surface area contributed by atoms with Gasteiger partial charge in [0.15, 0.2) is 11.5 Å². The maximum absolute atomic E-state index is 14.3. The molecule has 0 radical (unpaired) electrons. The van der Waals surface area contributed by atoms with E-state index in [4.69, 9.17) is 14.2 Å². The number of likely N-dealkylation sites (tertiary alicyclic amines) is 2. The number of nitrogens with zero attached hydrogens (tertiary/aromatic N) is 4. The monoisotopic (exact) mass is 651 g/mol. The fourth-order valence-electron chi connectivity index (χ4n) is 7.28. The first-order valence-corrected chi connectivity index (χ1v) is 16.9. The fourth-order valence-corrected chi connectivity index (χ4v) is 7.28. The van der Waals surface area contributed by atoms with E-state index in [0.717, 1.165) is 53.5 Å². The predicted molar refractivity (Wildman–Crippen MR) is 179 cm³/mol. The van der Waals surface area contributed by atoms with Crippen LogP contribution in [0.15, 0.2) is 36.4 Å². The van der Waals surface area contributed by atoms with Gasteiger partial charge >= 0.3 is 5.97 Å². The molecule has 0 spiro atoms. The van der Waals surface area contributed by atoms with E-state index >= 15 is 0 Å². The molecule has 2 aromatic rings. The summed E-state index contributed by atoms with van der Waals surface area (Å²) in [5.41, 5.74) is 2.77. The zero-order valence-corrected chi connectivity index (χ0v) is 28.6. The lowest BCUT2D eigenvalue weighted by atomic mass is 9.84. The van der Waals surface area contributed by atoms with Crippen LogP contribution in [0, 0.1) is 5.92 Å². The Morgan fingerprint density at radius 3 is 2.64 bits per heavy atom. The van der Waals surface area contributed by atoms with Crippen molar-refractivity contribution in [2.75, 3.05) is 72.7 Å². The van der Waals surface area contributed by atoms with Crippen LogP contribution < -0.4 is 19.1 Å². The molecule has 47 heavy (non-hydrogen) atoms. The van der Waals surface area contributed by atoms with E-state index in [1.54, 1.807) is 7.11 Å². The topological polar surface area (TPSA) is 109 Å². The number of rotatable bonds is 14. The Balaban J connectivity index is 1.46. The number of carbonyl (C=O) groups is 3.